The second-order valence-electron chi connectivity index (χ2n) is 6.48. The second kappa shape index (κ2) is 6.95. The summed E-state index contributed by atoms with van der Waals surface area (Å²) in [6, 6.07) is 8.47. The molecule has 26 heavy (non-hydrogen) atoms. The minimum absolute atomic E-state index is 0.154. The van der Waals surface area contributed by atoms with E-state index in [1.165, 1.54) is 12.1 Å². The monoisotopic (exact) mass is 352 g/mol. The molecule has 2 heterocycles. The van der Waals surface area contributed by atoms with Crippen LogP contribution < -0.4 is 0 Å². The van der Waals surface area contributed by atoms with Gasteiger partial charge in [-0.3, -0.25) is 4.79 Å². The summed E-state index contributed by atoms with van der Waals surface area (Å²) in [4.78, 5) is 29.5. The maximum Gasteiger partial charge on any atom is 0.335 e. The molecule has 134 valence electrons. The lowest BCUT2D eigenvalue weighted by Gasteiger charge is -2.17. The highest BCUT2D eigenvalue weighted by Gasteiger charge is 2.15. The van der Waals surface area contributed by atoms with Gasteiger partial charge in [-0.1, -0.05) is 12.1 Å². The van der Waals surface area contributed by atoms with E-state index in [9.17, 15) is 9.59 Å². The summed E-state index contributed by atoms with van der Waals surface area (Å²) in [5.41, 5.74) is 2.32. The summed E-state index contributed by atoms with van der Waals surface area (Å²) in [5.74, 6) is -1.12. The molecular formula is C19H20N4O3. The van der Waals surface area contributed by atoms with Crippen LogP contribution in [0.15, 0.2) is 42.7 Å². The fourth-order valence-electron chi connectivity index (χ4n) is 2.75. The van der Waals surface area contributed by atoms with Crippen LogP contribution in [0.4, 0.5) is 0 Å². The van der Waals surface area contributed by atoms with E-state index in [1.807, 2.05) is 18.5 Å². The molecule has 0 spiro atoms. The van der Waals surface area contributed by atoms with E-state index in [0.29, 0.717) is 12.1 Å². The van der Waals surface area contributed by atoms with Gasteiger partial charge in [0, 0.05) is 31.2 Å². The Morgan fingerprint density at radius 2 is 1.85 bits per heavy atom. The average molecular weight is 352 g/mol. The largest absolute Gasteiger partial charge is 0.478 e. The smallest absolute Gasteiger partial charge is 0.335 e. The van der Waals surface area contributed by atoms with Crippen LogP contribution in [0.3, 0.4) is 0 Å². The minimum Gasteiger partial charge on any atom is -0.478 e. The third-order valence-electron chi connectivity index (χ3n) is 4.14. The van der Waals surface area contributed by atoms with E-state index in [1.54, 1.807) is 42.5 Å². The molecular weight excluding hydrogens is 332 g/mol. The first-order chi connectivity index (χ1) is 12.4. The highest BCUT2D eigenvalue weighted by Crippen LogP contribution is 2.18. The predicted molar refractivity (Wildman–Crippen MR) is 97.1 cm³/mol. The fourth-order valence-corrected chi connectivity index (χ4v) is 2.75. The summed E-state index contributed by atoms with van der Waals surface area (Å²) in [6.07, 6.45) is 3.28. The maximum absolute atomic E-state index is 12.7. The van der Waals surface area contributed by atoms with Gasteiger partial charge in [-0.15, -0.1) is 0 Å². The molecule has 0 unspecified atom stereocenters. The Bertz CT molecular complexity index is 961. The van der Waals surface area contributed by atoms with Crippen LogP contribution in [0.1, 0.15) is 46.2 Å². The fraction of sp³-hybridized carbons (Fsp3) is 0.263. The summed E-state index contributed by atoms with van der Waals surface area (Å²) < 4.78 is 1.82. The van der Waals surface area contributed by atoms with Crippen molar-refractivity contribution in [3.8, 4) is 0 Å². The van der Waals surface area contributed by atoms with Crippen LogP contribution in [0.2, 0.25) is 0 Å². The molecule has 0 bridgehead atoms. The molecule has 1 N–H and O–H groups in total. The zero-order valence-corrected chi connectivity index (χ0v) is 14.9. The van der Waals surface area contributed by atoms with Crippen molar-refractivity contribution < 1.29 is 14.7 Å². The van der Waals surface area contributed by atoms with Gasteiger partial charge in [-0.05, 0) is 37.6 Å². The zero-order chi connectivity index (χ0) is 18.8. The number of aromatic carboxylic acids is 1. The van der Waals surface area contributed by atoms with Gasteiger partial charge < -0.3 is 10.0 Å². The molecule has 2 aromatic heterocycles. The van der Waals surface area contributed by atoms with Gasteiger partial charge >= 0.3 is 5.97 Å². The van der Waals surface area contributed by atoms with Crippen molar-refractivity contribution in [1.82, 2.24) is 19.7 Å². The summed E-state index contributed by atoms with van der Waals surface area (Å²) in [5, 5.41) is 14.1. The Morgan fingerprint density at radius 1 is 1.15 bits per heavy atom. The van der Waals surface area contributed by atoms with Gasteiger partial charge in [0.1, 0.15) is 0 Å². The third-order valence-corrected chi connectivity index (χ3v) is 4.14. The van der Waals surface area contributed by atoms with Crippen LogP contribution in [0.5, 0.6) is 0 Å². The second-order valence-corrected chi connectivity index (χ2v) is 6.48. The molecule has 0 fully saturated rings. The number of fused-ring (bicyclic) bond motifs is 1. The Hall–Kier alpha value is -3.22. The van der Waals surface area contributed by atoms with E-state index in [0.717, 1.165) is 16.6 Å². The van der Waals surface area contributed by atoms with E-state index >= 15 is 0 Å². The first-order valence-corrected chi connectivity index (χ1v) is 8.28. The van der Waals surface area contributed by atoms with Gasteiger partial charge in [0.25, 0.3) is 5.91 Å². The summed E-state index contributed by atoms with van der Waals surface area (Å²) in [6.45, 7) is 4.43. The highest BCUT2D eigenvalue weighted by molar-refractivity contribution is 5.96. The topological polar surface area (TPSA) is 88.3 Å². The predicted octanol–water partition coefficient (Wildman–Crippen LogP) is 2.98. The molecule has 0 radical (unpaired) electrons. The lowest BCUT2D eigenvalue weighted by Crippen LogP contribution is -2.26. The van der Waals surface area contributed by atoms with Gasteiger partial charge in [-0.2, -0.15) is 5.10 Å². The third kappa shape index (κ3) is 3.42. The molecule has 3 rings (SSSR count). The molecule has 0 saturated carbocycles. The van der Waals surface area contributed by atoms with E-state index in [-0.39, 0.29) is 17.5 Å². The molecule has 0 atom stereocenters. The summed E-state index contributed by atoms with van der Waals surface area (Å²) in [7, 11) is 1.70. The first-order valence-electron chi connectivity index (χ1n) is 8.28. The highest BCUT2D eigenvalue weighted by atomic mass is 16.4. The van der Waals surface area contributed by atoms with E-state index in [4.69, 9.17) is 5.11 Å². The zero-order valence-electron chi connectivity index (χ0n) is 14.9. The van der Waals surface area contributed by atoms with Gasteiger partial charge in [0.2, 0.25) is 0 Å². The number of rotatable bonds is 5. The number of amides is 1. The quantitative estimate of drug-likeness (QED) is 0.762. The molecule has 0 aliphatic carbocycles. The molecule has 7 heteroatoms. The van der Waals surface area contributed by atoms with Crippen molar-refractivity contribution in [3.05, 3.63) is 59.4 Å². The number of carbonyl (C=O) groups is 2. The Morgan fingerprint density at radius 3 is 2.46 bits per heavy atom. The van der Waals surface area contributed by atoms with Crippen molar-refractivity contribution in [2.24, 2.45) is 0 Å². The Kier molecular flexibility index (Phi) is 4.71. The van der Waals surface area contributed by atoms with Crippen LogP contribution in [0, 0.1) is 0 Å². The number of carboxylic acids is 1. The SMILES string of the molecule is CC(C)n1ncc2cc(C(=O)N(C)Cc3ccc(C(=O)O)cc3)cnc21. The first kappa shape index (κ1) is 17.6. The van der Waals surface area contributed by atoms with Crippen molar-refractivity contribution in [3.63, 3.8) is 0 Å². The molecule has 0 aliphatic rings. The molecule has 3 aromatic rings. The van der Waals surface area contributed by atoms with Gasteiger partial charge in [0.15, 0.2) is 5.65 Å². The van der Waals surface area contributed by atoms with E-state index in [2.05, 4.69) is 10.1 Å². The molecule has 0 saturated heterocycles. The number of carbonyl (C=O) groups excluding carboxylic acids is 1. The maximum atomic E-state index is 12.7. The number of hydrogen-bond acceptors (Lipinski definition) is 4. The Labute approximate surface area is 150 Å². The lowest BCUT2D eigenvalue weighted by molar-refractivity contribution is 0.0695. The number of carboxylic acid groups (broad SMARTS) is 1. The molecule has 0 aliphatic heterocycles. The Balaban J connectivity index is 1.77. The van der Waals surface area contributed by atoms with Crippen molar-refractivity contribution in [2.75, 3.05) is 7.05 Å². The van der Waals surface area contributed by atoms with Gasteiger partial charge in [0.05, 0.1) is 17.3 Å². The summed E-state index contributed by atoms with van der Waals surface area (Å²) >= 11 is 0. The van der Waals surface area contributed by atoms with Crippen molar-refractivity contribution >= 4 is 22.9 Å². The van der Waals surface area contributed by atoms with Crippen LogP contribution in [-0.2, 0) is 6.54 Å². The normalized spacial score (nSPS) is 11.1. The average Bonchev–Trinajstić information content (AvgIpc) is 3.04. The number of benzene rings is 1. The molecule has 1 aromatic carbocycles. The molecule has 1 amide bonds. The standard InChI is InChI=1S/C19H20N4O3/c1-12(2)23-17-15(10-21-23)8-16(9-20-17)18(24)22(3)11-13-4-6-14(7-5-13)19(25)26/h4-10,12H,11H2,1-3H3,(H,25,26). The van der Waals surface area contributed by atoms with Crippen molar-refractivity contribution in [2.45, 2.75) is 26.4 Å². The van der Waals surface area contributed by atoms with Crippen LogP contribution in [0.25, 0.3) is 11.0 Å². The van der Waals surface area contributed by atoms with Crippen LogP contribution >= 0.6 is 0 Å². The van der Waals surface area contributed by atoms with Crippen LogP contribution in [-0.4, -0.2) is 43.7 Å². The number of hydrogen-bond donors (Lipinski definition) is 1. The number of nitrogens with zero attached hydrogens (tertiary/aromatic N) is 4. The van der Waals surface area contributed by atoms with Gasteiger partial charge in [-0.25, -0.2) is 14.5 Å². The lowest BCUT2D eigenvalue weighted by atomic mass is 10.1. The minimum atomic E-state index is -0.970. The molecule has 7 nitrogen and oxygen atoms in total. The van der Waals surface area contributed by atoms with Crippen molar-refractivity contribution in [1.29, 1.82) is 0 Å². The number of aromatic nitrogens is 3. The van der Waals surface area contributed by atoms with E-state index < -0.39 is 5.97 Å². The number of pyridine rings is 1.